The highest BCUT2D eigenvalue weighted by Gasteiger charge is 2.22. The number of hydrogen-bond donors (Lipinski definition) is 1. The van der Waals surface area contributed by atoms with Gasteiger partial charge in [-0.1, -0.05) is 25.1 Å². The smallest absolute Gasteiger partial charge is 0.242 e. The van der Waals surface area contributed by atoms with Crippen molar-refractivity contribution < 1.29 is 4.74 Å². The molecule has 2 aromatic rings. The number of aryl methyl sites for hydroxylation is 1. The number of anilines is 3. The zero-order valence-corrected chi connectivity index (χ0v) is 12.2. The lowest BCUT2D eigenvalue weighted by Crippen LogP contribution is -2.26. The Morgan fingerprint density at radius 1 is 1.29 bits per heavy atom. The molecule has 1 aromatic carbocycles. The van der Waals surface area contributed by atoms with Crippen LogP contribution in [0.3, 0.4) is 0 Å². The van der Waals surface area contributed by atoms with Crippen LogP contribution in [0, 0.1) is 0 Å². The summed E-state index contributed by atoms with van der Waals surface area (Å²) < 4.78 is 5.60. The second-order valence-corrected chi connectivity index (χ2v) is 5.15. The molecule has 2 heterocycles. The van der Waals surface area contributed by atoms with Crippen LogP contribution in [0.25, 0.3) is 0 Å². The van der Waals surface area contributed by atoms with E-state index in [1.165, 1.54) is 17.6 Å². The van der Waals surface area contributed by atoms with Crippen LogP contribution in [-0.2, 0) is 6.42 Å². The number of fused-ring (bicyclic) bond motifs is 1. The number of nitrogens with zero attached hydrogens (tertiary/aromatic N) is 3. The van der Waals surface area contributed by atoms with Gasteiger partial charge in [0.15, 0.2) is 5.82 Å². The Balaban J connectivity index is 1.98. The minimum Gasteiger partial charge on any atom is -0.476 e. The van der Waals surface area contributed by atoms with Crippen molar-refractivity contribution in [2.75, 3.05) is 23.8 Å². The molecule has 0 bridgehead atoms. The second-order valence-electron chi connectivity index (χ2n) is 5.15. The molecular weight excluding hydrogens is 264 g/mol. The van der Waals surface area contributed by atoms with Crippen LogP contribution in [0.4, 0.5) is 17.2 Å². The Labute approximate surface area is 124 Å². The summed E-state index contributed by atoms with van der Waals surface area (Å²) in [5, 5.41) is 0. The third-order valence-corrected chi connectivity index (χ3v) is 3.64. The molecule has 0 radical (unpaired) electrons. The molecule has 0 aliphatic carbocycles. The normalized spacial score (nSPS) is 13.9. The van der Waals surface area contributed by atoms with Crippen LogP contribution >= 0.6 is 0 Å². The Morgan fingerprint density at radius 2 is 2.14 bits per heavy atom. The maximum absolute atomic E-state index is 6.22. The molecule has 3 rings (SSSR count). The largest absolute Gasteiger partial charge is 0.476 e. The van der Waals surface area contributed by atoms with Crippen LogP contribution in [0.2, 0.25) is 0 Å². The summed E-state index contributed by atoms with van der Waals surface area (Å²) >= 11 is 0. The maximum atomic E-state index is 6.22. The maximum Gasteiger partial charge on any atom is 0.242 e. The van der Waals surface area contributed by atoms with Crippen molar-refractivity contribution in [3.05, 3.63) is 36.2 Å². The molecule has 5 nitrogen and oxygen atoms in total. The Kier molecular flexibility index (Phi) is 3.90. The summed E-state index contributed by atoms with van der Waals surface area (Å²) in [6.45, 7) is 3.57. The molecule has 110 valence electrons. The van der Waals surface area contributed by atoms with Crippen molar-refractivity contribution in [1.29, 1.82) is 0 Å². The fourth-order valence-electron chi connectivity index (χ4n) is 2.65. The molecule has 5 heteroatoms. The fourth-order valence-corrected chi connectivity index (χ4v) is 2.65. The molecule has 0 spiro atoms. The van der Waals surface area contributed by atoms with Gasteiger partial charge in [-0.2, -0.15) is 4.98 Å². The number of para-hydroxylation sites is 1. The van der Waals surface area contributed by atoms with E-state index in [0.29, 0.717) is 18.2 Å². The molecule has 0 saturated heterocycles. The van der Waals surface area contributed by atoms with Gasteiger partial charge in [0.1, 0.15) is 12.0 Å². The molecule has 21 heavy (non-hydrogen) atoms. The summed E-state index contributed by atoms with van der Waals surface area (Å²) in [6, 6.07) is 8.39. The van der Waals surface area contributed by atoms with Gasteiger partial charge >= 0.3 is 0 Å². The van der Waals surface area contributed by atoms with E-state index in [0.717, 1.165) is 31.6 Å². The van der Waals surface area contributed by atoms with E-state index in [-0.39, 0.29) is 0 Å². The van der Waals surface area contributed by atoms with E-state index in [9.17, 15) is 0 Å². The third kappa shape index (κ3) is 2.63. The van der Waals surface area contributed by atoms with Gasteiger partial charge in [-0.15, -0.1) is 0 Å². The Bertz CT molecular complexity index is 629. The average molecular weight is 284 g/mol. The van der Waals surface area contributed by atoms with Gasteiger partial charge in [0.2, 0.25) is 5.88 Å². The van der Waals surface area contributed by atoms with E-state index in [2.05, 4.69) is 40.0 Å². The number of nitrogen functional groups attached to an aromatic ring is 1. The fraction of sp³-hybridized carbons (Fsp3) is 0.375. The summed E-state index contributed by atoms with van der Waals surface area (Å²) in [4.78, 5) is 10.7. The standard InChI is InChI=1S/C16H20N4O/c1-2-10-21-16-14(17)15(18-11-19-16)20-9-5-7-12-6-3-4-8-13(12)20/h3-4,6,8,11H,2,5,7,9-10,17H2,1H3. The van der Waals surface area contributed by atoms with E-state index in [1.54, 1.807) is 0 Å². The highest BCUT2D eigenvalue weighted by atomic mass is 16.5. The minimum atomic E-state index is 0.477. The summed E-state index contributed by atoms with van der Waals surface area (Å²) in [5.74, 6) is 1.22. The highest BCUT2D eigenvalue weighted by molar-refractivity contribution is 5.76. The van der Waals surface area contributed by atoms with Gasteiger partial charge in [-0.25, -0.2) is 4.98 Å². The van der Waals surface area contributed by atoms with Crippen molar-refractivity contribution in [1.82, 2.24) is 9.97 Å². The van der Waals surface area contributed by atoms with Crippen LogP contribution in [0.15, 0.2) is 30.6 Å². The SMILES string of the molecule is CCCOc1ncnc(N2CCCc3ccccc32)c1N. The molecule has 0 unspecified atom stereocenters. The minimum absolute atomic E-state index is 0.477. The summed E-state index contributed by atoms with van der Waals surface area (Å²) in [7, 11) is 0. The molecule has 1 aromatic heterocycles. The quantitative estimate of drug-likeness (QED) is 0.935. The van der Waals surface area contributed by atoms with Crippen molar-refractivity contribution in [2.24, 2.45) is 0 Å². The van der Waals surface area contributed by atoms with Crippen LogP contribution in [0.5, 0.6) is 5.88 Å². The molecule has 0 amide bonds. The van der Waals surface area contributed by atoms with Gasteiger partial charge in [0, 0.05) is 12.2 Å². The summed E-state index contributed by atoms with van der Waals surface area (Å²) in [5.41, 5.74) is 9.24. The first-order valence-corrected chi connectivity index (χ1v) is 7.40. The van der Waals surface area contributed by atoms with Crippen molar-refractivity contribution >= 4 is 17.2 Å². The Morgan fingerprint density at radius 3 is 3.00 bits per heavy atom. The molecule has 0 atom stereocenters. The molecule has 2 N–H and O–H groups in total. The predicted molar refractivity (Wildman–Crippen MR) is 84.0 cm³/mol. The van der Waals surface area contributed by atoms with Crippen molar-refractivity contribution in [3.8, 4) is 5.88 Å². The van der Waals surface area contributed by atoms with E-state index < -0.39 is 0 Å². The first kappa shape index (κ1) is 13.7. The average Bonchev–Trinajstić information content (AvgIpc) is 2.53. The van der Waals surface area contributed by atoms with Crippen LogP contribution in [-0.4, -0.2) is 23.1 Å². The zero-order chi connectivity index (χ0) is 14.7. The van der Waals surface area contributed by atoms with E-state index >= 15 is 0 Å². The van der Waals surface area contributed by atoms with Crippen molar-refractivity contribution in [2.45, 2.75) is 26.2 Å². The van der Waals surface area contributed by atoms with Gasteiger partial charge < -0.3 is 15.4 Å². The number of rotatable bonds is 4. The van der Waals surface area contributed by atoms with Crippen molar-refractivity contribution in [3.63, 3.8) is 0 Å². The van der Waals surface area contributed by atoms with E-state index in [1.807, 2.05) is 6.07 Å². The van der Waals surface area contributed by atoms with Gasteiger partial charge in [-0.05, 0) is 30.9 Å². The second kappa shape index (κ2) is 5.99. The monoisotopic (exact) mass is 284 g/mol. The predicted octanol–water partition coefficient (Wildman–Crippen LogP) is 2.93. The van der Waals surface area contributed by atoms with E-state index in [4.69, 9.17) is 10.5 Å². The molecule has 0 saturated carbocycles. The zero-order valence-electron chi connectivity index (χ0n) is 12.2. The highest BCUT2D eigenvalue weighted by Crippen LogP contribution is 2.37. The molecular formula is C16H20N4O. The lowest BCUT2D eigenvalue weighted by Gasteiger charge is -2.31. The lowest BCUT2D eigenvalue weighted by molar-refractivity contribution is 0.306. The third-order valence-electron chi connectivity index (χ3n) is 3.64. The van der Waals surface area contributed by atoms with Crippen LogP contribution < -0.4 is 15.4 Å². The number of benzene rings is 1. The first-order chi connectivity index (χ1) is 10.3. The first-order valence-electron chi connectivity index (χ1n) is 7.40. The number of hydrogen-bond acceptors (Lipinski definition) is 5. The number of ether oxygens (including phenoxy) is 1. The lowest BCUT2D eigenvalue weighted by atomic mass is 10.0. The van der Waals surface area contributed by atoms with Crippen LogP contribution in [0.1, 0.15) is 25.3 Å². The molecule has 1 aliphatic rings. The molecule has 0 fully saturated rings. The molecule has 1 aliphatic heterocycles. The van der Waals surface area contributed by atoms with Gasteiger partial charge in [0.05, 0.1) is 6.61 Å². The van der Waals surface area contributed by atoms with Gasteiger partial charge in [-0.3, -0.25) is 0 Å². The number of aromatic nitrogens is 2. The topological polar surface area (TPSA) is 64.3 Å². The summed E-state index contributed by atoms with van der Waals surface area (Å²) in [6.07, 6.45) is 4.63. The Hall–Kier alpha value is -2.30. The number of nitrogens with two attached hydrogens (primary N) is 1. The van der Waals surface area contributed by atoms with Gasteiger partial charge in [0.25, 0.3) is 0 Å².